The van der Waals surface area contributed by atoms with Gasteiger partial charge in [0.15, 0.2) is 17.2 Å². The van der Waals surface area contributed by atoms with Gasteiger partial charge in [-0.25, -0.2) is 0 Å². The first-order valence-electron chi connectivity index (χ1n) is 6.71. The van der Waals surface area contributed by atoms with Crippen LogP contribution in [0.2, 0.25) is 0 Å². The second kappa shape index (κ2) is 4.54. The lowest BCUT2D eigenvalue weighted by molar-refractivity contribution is -0.119. The Labute approximate surface area is 120 Å². The molecule has 1 unspecified atom stereocenters. The molecule has 21 heavy (non-hydrogen) atoms. The van der Waals surface area contributed by atoms with Crippen molar-refractivity contribution in [2.75, 3.05) is 19.6 Å². The molecule has 2 aliphatic heterocycles. The van der Waals surface area contributed by atoms with E-state index in [4.69, 9.17) is 0 Å². The summed E-state index contributed by atoms with van der Waals surface area (Å²) in [4.78, 5) is 25.4. The molecule has 1 aromatic carbocycles. The van der Waals surface area contributed by atoms with Crippen LogP contribution in [0.15, 0.2) is 12.1 Å². The summed E-state index contributed by atoms with van der Waals surface area (Å²) >= 11 is 0. The number of carbonyl (C=O) groups excluding carboxylic acids is 2. The Morgan fingerprint density at radius 2 is 1.90 bits per heavy atom. The van der Waals surface area contributed by atoms with Crippen molar-refractivity contribution in [1.29, 1.82) is 0 Å². The van der Waals surface area contributed by atoms with Gasteiger partial charge in [-0.2, -0.15) is 0 Å². The standard InChI is InChI=1S/C14H16N2O5/c17-9-3-8(4-10(18)12(9)20)13(21)16-2-1-14(7-16)5-11(19)15-6-14/h3-4,17-18,20H,1-2,5-7H2,(H,15,19). The van der Waals surface area contributed by atoms with Crippen LogP contribution in [0.3, 0.4) is 0 Å². The molecule has 0 aromatic heterocycles. The van der Waals surface area contributed by atoms with Crippen molar-refractivity contribution in [3.05, 3.63) is 17.7 Å². The molecule has 4 N–H and O–H groups in total. The van der Waals surface area contributed by atoms with Crippen LogP contribution in [0.1, 0.15) is 23.2 Å². The van der Waals surface area contributed by atoms with Crippen LogP contribution in [0.5, 0.6) is 17.2 Å². The number of phenolic OH excluding ortho intramolecular Hbond substituents is 3. The second-order valence-corrected chi connectivity index (χ2v) is 5.79. The van der Waals surface area contributed by atoms with Crippen molar-refractivity contribution in [3.63, 3.8) is 0 Å². The first kappa shape index (κ1) is 13.5. The maximum Gasteiger partial charge on any atom is 0.254 e. The summed E-state index contributed by atoms with van der Waals surface area (Å²) in [6.45, 7) is 1.56. The molecule has 2 aliphatic rings. The number of benzene rings is 1. The van der Waals surface area contributed by atoms with Gasteiger partial charge in [0.1, 0.15) is 0 Å². The lowest BCUT2D eigenvalue weighted by Crippen LogP contribution is -2.33. The van der Waals surface area contributed by atoms with Gasteiger partial charge < -0.3 is 25.5 Å². The Kier molecular flexibility index (Phi) is 2.93. The Morgan fingerprint density at radius 3 is 2.48 bits per heavy atom. The molecular weight excluding hydrogens is 276 g/mol. The van der Waals surface area contributed by atoms with Gasteiger partial charge in [-0.15, -0.1) is 0 Å². The number of aromatic hydroxyl groups is 3. The molecule has 1 spiro atoms. The smallest absolute Gasteiger partial charge is 0.254 e. The topological polar surface area (TPSA) is 110 Å². The molecular formula is C14H16N2O5. The minimum absolute atomic E-state index is 0.00391. The zero-order valence-corrected chi connectivity index (χ0v) is 11.3. The van der Waals surface area contributed by atoms with Crippen LogP contribution in [0.4, 0.5) is 0 Å². The first-order valence-corrected chi connectivity index (χ1v) is 6.71. The minimum Gasteiger partial charge on any atom is -0.504 e. The monoisotopic (exact) mass is 292 g/mol. The molecule has 2 heterocycles. The van der Waals surface area contributed by atoms with E-state index in [1.807, 2.05) is 0 Å². The number of rotatable bonds is 1. The molecule has 0 saturated carbocycles. The number of likely N-dealkylation sites (tertiary alicyclic amines) is 1. The average Bonchev–Trinajstić information content (AvgIpc) is 3.02. The number of hydrogen-bond donors (Lipinski definition) is 4. The van der Waals surface area contributed by atoms with Crippen LogP contribution < -0.4 is 5.32 Å². The average molecular weight is 292 g/mol. The lowest BCUT2D eigenvalue weighted by atomic mass is 9.86. The third-order valence-corrected chi connectivity index (χ3v) is 4.24. The SMILES string of the molecule is O=C1CC2(CCN(C(=O)c3cc(O)c(O)c(O)c3)C2)CN1. The Bertz CT molecular complexity index is 607. The van der Waals surface area contributed by atoms with Crippen molar-refractivity contribution >= 4 is 11.8 Å². The molecule has 1 atom stereocenters. The predicted molar refractivity (Wildman–Crippen MR) is 72.0 cm³/mol. The van der Waals surface area contributed by atoms with Gasteiger partial charge in [-0.3, -0.25) is 9.59 Å². The third-order valence-electron chi connectivity index (χ3n) is 4.24. The number of phenols is 3. The van der Waals surface area contributed by atoms with Crippen LogP contribution in [0.25, 0.3) is 0 Å². The van der Waals surface area contributed by atoms with Crippen molar-refractivity contribution in [3.8, 4) is 17.2 Å². The second-order valence-electron chi connectivity index (χ2n) is 5.79. The Morgan fingerprint density at radius 1 is 1.24 bits per heavy atom. The van der Waals surface area contributed by atoms with E-state index in [1.54, 1.807) is 4.90 Å². The fraction of sp³-hybridized carbons (Fsp3) is 0.429. The molecule has 7 nitrogen and oxygen atoms in total. The molecule has 0 bridgehead atoms. The van der Waals surface area contributed by atoms with E-state index in [0.717, 1.165) is 18.6 Å². The molecule has 1 aromatic rings. The molecule has 2 saturated heterocycles. The highest BCUT2D eigenvalue weighted by Crippen LogP contribution is 2.39. The number of amides is 2. The number of nitrogens with one attached hydrogen (secondary N) is 1. The maximum atomic E-state index is 12.4. The van der Waals surface area contributed by atoms with E-state index in [1.165, 1.54) is 0 Å². The van der Waals surface area contributed by atoms with E-state index in [9.17, 15) is 24.9 Å². The molecule has 7 heteroatoms. The Hall–Kier alpha value is -2.44. The van der Waals surface area contributed by atoms with Crippen LogP contribution in [0, 0.1) is 5.41 Å². The largest absolute Gasteiger partial charge is 0.504 e. The number of nitrogens with zero attached hydrogens (tertiary/aromatic N) is 1. The summed E-state index contributed by atoms with van der Waals surface area (Å²) in [5, 5.41) is 31.0. The molecule has 0 radical (unpaired) electrons. The third kappa shape index (κ3) is 2.24. The number of carbonyl (C=O) groups is 2. The molecule has 112 valence electrons. The van der Waals surface area contributed by atoms with E-state index in [0.29, 0.717) is 26.1 Å². The Balaban J connectivity index is 1.79. The van der Waals surface area contributed by atoms with Crippen molar-refractivity contribution in [2.24, 2.45) is 5.41 Å². The van der Waals surface area contributed by atoms with Crippen LogP contribution in [-0.2, 0) is 4.79 Å². The van der Waals surface area contributed by atoms with Gasteiger partial charge in [0, 0.05) is 37.0 Å². The van der Waals surface area contributed by atoms with Gasteiger partial charge in [-0.1, -0.05) is 0 Å². The number of hydrogen-bond acceptors (Lipinski definition) is 5. The van der Waals surface area contributed by atoms with Gasteiger partial charge >= 0.3 is 0 Å². The fourth-order valence-corrected chi connectivity index (χ4v) is 3.06. The summed E-state index contributed by atoms with van der Waals surface area (Å²) in [5.41, 5.74) is -0.0922. The quantitative estimate of drug-likeness (QED) is 0.551. The fourth-order valence-electron chi connectivity index (χ4n) is 3.06. The molecule has 0 aliphatic carbocycles. The summed E-state index contributed by atoms with van der Waals surface area (Å²) < 4.78 is 0. The van der Waals surface area contributed by atoms with Crippen molar-refractivity contribution < 1.29 is 24.9 Å². The highest BCUT2D eigenvalue weighted by Gasteiger charge is 2.45. The zero-order valence-electron chi connectivity index (χ0n) is 11.3. The van der Waals surface area contributed by atoms with Gasteiger partial charge in [0.05, 0.1) is 0 Å². The zero-order chi connectivity index (χ0) is 15.2. The van der Waals surface area contributed by atoms with Crippen molar-refractivity contribution in [2.45, 2.75) is 12.8 Å². The van der Waals surface area contributed by atoms with E-state index < -0.39 is 17.2 Å². The summed E-state index contributed by atoms with van der Waals surface area (Å²) in [6, 6.07) is 2.25. The predicted octanol–water partition coefficient (Wildman–Crippen LogP) is 0.156. The van der Waals surface area contributed by atoms with Gasteiger partial charge in [0.25, 0.3) is 5.91 Å². The molecule has 2 amide bonds. The minimum atomic E-state index is -0.643. The van der Waals surface area contributed by atoms with Gasteiger partial charge in [-0.05, 0) is 18.6 Å². The highest BCUT2D eigenvalue weighted by molar-refractivity contribution is 5.96. The normalized spacial score (nSPS) is 24.6. The summed E-state index contributed by atoms with van der Waals surface area (Å²) in [7, 11) is 0. The van der Waals surface area contributed by atoms with Crippen LogP contribution in [-0.4, -0.2) is 51.7 Å². The molecule has 3 rings (SSSR count). The van der Waals surface area contributed by atoms with Crippen molar-refractivity contribution in [1.82, 2.24) is 10.2 Å². The summed E-state index contributed by atoms with van der Waals surface area (Å²) in [6.07, 6.45) is 1.16. The van der Waals surface area contributed by atoms with Gasteiger partial charge in [0.2, 0.25) is 5.91 Å². The van der Waals surface area contributed by atoms with Crippen LogP contribution >= 0.6 is 0 Å². The highest BCUT2D eigenvalue weighted by atomic mass is 16.3. The summed E-state index contributed by atoms with van der Waals surface area (Å²) in [5.74, 6) is -2.05. The maximum absolute atomic E-state index is 12.4. The van der Waals surface area contributed by atoms with E-state index in [2.05, 4.69) is 5.32 Å². The van der Waals surface area contributed by atoms with E-state index in [-0.39, 0.29) is 22.8 Å². The lowest BCUT2D eigenvalue weighted by Gasteiger charge is -2.22. The molecule has 2 fully saturated rings. The van der Waals surface area contributed by atoms with E-state index >= 15 is 0 Å². The first-order chi connectivity index (χ1) is 9.90.